The van der Waals surface area contributed by atoms with Gasteiger partial charge in [-0.2, -0.15) is 0 Å². The molecule has 1 N–H and O–H groups in total. The first-order valence-electron chi connectivity index (χ1n) is 3.24. The van der Waals surface area contributed by atoms with E-state index in [1.54, 1.807) is 20.0 Å². The van der Waals surface area contributed by atoms with Gasteiger partial charge in [-0.3, -0.25) is 4.79 Å². The summed E-state index contributed by atoms with van der Waals surface area (Å²) in [5.74, 6) is -0.170. The van der Waals surface area contributed by atoms with Crippen LogP contribution in [0, 0.1) is 0 Å². The van der Waals surface area contributed by atoms with Crippen LogP contribution in [0.1, 0.15) is 13.8 Å². The van der Waals surface area contributed by atoms with Gasteiger partial charge in [-0.05, 0) is 19.3 Å². The maximum absolute atomic E-state index is 10.8. The predicted octanol–water partition coefficient (Wildman–Crippen LogP) is 0.984. The van der Waals surface area contributed by atoms with Gasteiger partial charge in [0, 0.05) is 11.9 Å². The van der Waals surface area contributed by atoms with Gasteiger partial charge in [0.1, 0.15) is 0 Å². The molecule has 0 rings (SSSR count). The smallest absolute Gasteiger partial charge is 0.264 e. The van der Waals surface area contributed by atoms with E-state index in [-0.39, 0.29) is 12.5 Å². The standard InChI is InChI=1S/C7H12N2OS/c1-6(2)9-7(10)5-8-3-4-11/h3-4,8,11H,5H2,1-2H3/b4-3-. The van der Waals surface area contributed by atoms with Crippen LogP contribution in [0.5, 0.6) is 0 Å². The molecule has 0 aliphatic carbocycles. The zero-order valence-electron chi connectivity index (χ0n) is 6.66. The Morgan fingerprint density at radius 1 is 1.64 bits per heavy atom. The summed E-state index contributed by atoms with van der Waals surface area (Å²) >= 11 is 3.80. The van der Waals surface area contributed by atoms with Crippen LogP contribution in [-0.4, -0.2) is 18.2 Å². The third-order valence-corrected chi connectivity index (χ3v) is 0.943. The van der Waals surface area contributed by atoms with Gasteiger partial charge in [0.25, 0.3) is 5.91 Å². The molecule has 0 atom stereocenters. The molecule has 0 radical (unpaired) electrons. The van der Waals surface area contributed by atoms with E-state index < -0.39 is 0 Å². The van der Waals surface area contributed by atoms with E-state index in [0.29, 0.717) is 0 Å². The Morgan fingerprint density at radius 2 is 2.27 bits per heavy atom. The monoisotopic (exact) mass is 172 g/mol. The highest BCUT2D eigenvalue weighted by atomic mass is 32.1. The Kier molecular flexibility index (Phi) is 5.56. The lowest BCUT2D eigenvalue weighted by molar-refractivity contribution is -0.116. The van der Waals surface area contributed by atoms with Gasteiger partial charge < -0.3 is 5.32 Å². The summed E-state index contributed by atoms with van der Waals surface area (Å²) in [6.07, 6.45) is 1.58. The van der Waals surface area contributed by atoms with Gasteiger partial charge in [-0.25, -0.2) is 4.99 Å². The highest BCUT2D eigenvalue weighted by Crippen LogP contribution is 1.78. The summed E-state index contributed by atoms with van der Waals surface area (Å²) in [6.45, 7) is 3.79. The number of carbonyl (C=O) groups is 1. The zero-order chi connectivity index (χ0) is 8.69. The summed E-state index contributed by atoms with van der Waals surface area (Å²) in [4.78, 5) is 14.5. The molecule has 3 nitrogen and oxygen atoms in total. The number of amides is 1. The number of nitrogens with one attached hydrogen (secondary N) is 1. The van der Waals surface area contributed by atoms with Crippen molar-refractivity contribution in [2.75, 3.05) is 6.54 Å². The molecule has 1 amide bonds. The second-order valence-electron chi connectivity index (χ2n) is 2.15. The van der Waals surface area contributed by atoms with Crippen molar-refractivity contribution in [2.45, 2.75) is 13.8 Å². The molecule has 0 aliphatic rings. The lowest BCUT2D eigenvalue weighted by Crippen LogP contribution is -2.16. The molecule has 0 spiro atoms. The average molecular weight is 172 g/mol. The highest BCUT2D eigenvalue weighted by Gasteiger charge is 1.93. The largest absolute Gasteiger partial charge is 0.382 e. The molecule has 0 fully saturated rings. The Morgan fingerprint density at radius 3 is 2.73 bits per heavy atom. The number of aliphatic imine (C=N–C) groups is 1. The quantitative estimate of drug-likeness (QED) is 0.492. The van der Waals surface area contributed by atoms with Gasteiger partial charge in [-0.15, -0.1) is 12.6 Å². The predicted molar refractivity (Wildman–Crippen MR) is 49.9 cm³/mol. The Labute approximate surface area is 72.0 Å². The molecule has 0 aromatic rings. The van der Waals surface area contributed by atoms with E-state index in [9.17, 15) is 4.79 Å². The number of nitrogens with zero attached hydrogens (tertiary/aromatic N) is 1. The fraction of sp³-hybridized carbons (Fsp3) is 0.429. The van der Waals surface area contributed by atoms with E-state index in [2.05, 4.69) is 22.9 Å². The molecule has 11 heavy (non-hydrogen) atoms. The van der Waals surface area contributed by atoms with Crippen LogP contribution >= 0.6 is 12.6 Å². The first-order valence-corrected chi connectivity index (χ1v) is 3.76. The van der Waals surface area contributed by atoms with Crippen molar-refractivity contribution < 1.29 is 4.79 Å². The van der Waals surface area contributed by atoms with Gasteiger partial charge in [0.05, 0.1) is 6.54 Å². The number of carbonyl (C=O) groups excluding carboxylic acids is 1. The molecule has 0 saturated carbocycles. The van der Waals surface area contributed by atoms with Crippen molar-refractivity contribution in [3.8, 4) is 0 Å². The fourth-order valence-corrected chi connectivity index (χ4v) is 0.593. The Balaban J connectivity index is 3.62. The van der Waals surface area contributed by atoms with Crippen LogP contribution in [0.3, 0.4) is 0 Å². The summed E-state index contributed by atoms with van der Waals surface area (Å²) in [7, 11) is 0. The normalized spacial score (nSPS) is 9.73. The maximum Gasteiger partial charge on any atom is 0.264 e. The van der Waals surface area contributed by atoms with Crippen LogP contribution in [0.25, 0.3) is 0 Å². The van der Waals surface area contributed by atoms with Crippen molar-refractivity contribution in [3.05, 3.63) is 11.6 Å². The van der Waals surface area contributed by atoms with Crippen molar-refractivity contribution in [3.63, 3.8) is 0 Å². The molecule has 0 saturated heterocycles. The highest BCUT2D eigenvalue weighted by molar-refractivity contribution is 7.83. The number of rotatable bonds is 3. The average Bonchev–Trinajstić information content (AvgIpc) is 1.86. The minimum atomic E-state index is -0.170. The van der Waals surface area contributed by atoms with Crippen molar-refractivity contribution in [2.24, 2.45) is 4.99 Å². The van der Waals surface area contributed by atoms with Crippen LogP contribution in [-0.2, 0) is 4.79 Å². The van der Waals surface area contributed by atoms with E-state index in [1.165, 1.54) is 5.41 Å². The summed E-state index contributed by atoms with van der Waals surface area (Å²) in [6, 6.07) is 0. The first kappa shape index (κ1) is 10.2. The minimum Gasteiger partial charge on any atom is -0.382 e. The summed E-state index contributed by atoms with van der Waals surface area (Å²) in [5, 5.41) is 4.25. The van der Waals surface area contributed by atoms with E-state index in [4.69, 9.17) is 0 Å². The third-order valence-electron chi connectivity index (χ3n) is 0.794. The molecule has 0 unspecified atom stereocenters. The van der Waals surface area contributed by atoms with Crippen LogP contribution in [0.2, 0.25) is 0 Å². The molecule has 0 aromatic carbocycles. The molecule has 0 bridgehead atoms. The van der Waals surface area contributed by atoms with Crippen molar-refractivity contribution >= 4 is 24.2 Å². The van der Waals surface area contributed by atoms with Crippen molar-refractivity contribution in [1.82, 2.24) is 5.32 Å². The second kappa shape index (κ2) is 5.97. The zero-order valence-corrected chi connectivity index (χ0v) is 7.56. The van der Waals surface area contributed by atoms with Crippen LogP contribution < -0.4 is 5.32 Å². The van der Waals surface area contributed by atoms with Gasteiger partial charge in [-0.1, -0.05) is 0 Å². The van der Waals surface area contributed by atoms with Crippen molar-refractivity contribution in [1.29, 1.82) is 0 Å². The van der Waals surface area contributed by atoms with E-state index in [0.717, 1.165) is 5.71 Å². The minimum absolute atomic E-state index is 0.170. The lowest BCUT2D eigenvalue weighted by atomic mass is 10.5. The molecule has 62 valence electrons. The summed E-state index contributed by atoms with van der Waals surface area (Å²) < 4.78 is 0. The first-order chi connectivity index (χ1) is 5.16. The van der Waals surface area contributed by atoms with Crippen LogP contribution in [0.4, 0.5) is 0 Å². The van der Waals surface area contributed by atoms with Gasteiger partial charge in [0.2, 0.25) is 0 Å². The van der Waals surface area contributed by atoms with E-state index >= 15 is 0 Å². The Bertz CT molecular complexity index is 183. The number of hydrogen-bond acceptors (Lipinski definition) is 3. The fourth-order valence-electron chi connectivity index (χ4n) is 0.488. The Hall–Kier alpha value is -0.770. The van der Waals surface area contributed by atoms with Crippen LogP contribution in [0.15, 0.2) is 16.6 Å². The number of thiol groups is 1. The molecule has 4 heteroatoms. The van der Waals surface area contributed by atoms with Gasteiger partial charge in [0.15, 0.2) is 0 Å². The SMILES string of the molecule is CC(C)=NC(=O)CN/C=C\S. The molecular weight excluding hydrogens is 160 g/mol. The summed E-state index contributed by atoms with van der Waals surface area (Å²) in [5.41, 5.74) is 0.770. The molecule has 0 heterocycles. The van der Waals surface area contributed by atoms with Gasteiger partial charge >= 0.3 is 0 Å². The topological polar surface area (TPSA) is 41.5 Å². The molecular formula is C7H12N2OS. The second-order valence-corrected chi connectivity index (χ2v) is 2.45. The van der Waals surface area contributed by atoms with E-state index in [1.807, 2.05) is 0 Å². The maximum atomic E-state index is 10.8. The lowest BCUT2D eigenvalue weighted by Gasteiger charge is -1.94. The number of hydrogen-bond donors (Lipinski definition) is 2. The molecule has 0 aliphatic heterocycles. The third kappa shape index (κ3) is 7.12. The molecule has 0 aromatic heterocycles.